The minimum absolute atomic E-state index is 0.221. The van der Waals surface area contributed by atoms with Crippen molar-refractivity contribution in [3.8, 4) is 0 Å². The lowest BCUT2D eigenvalue weighted by Crippen LogP contribution is -2.40. The predicted molar refractivity (Wildman–Crippen MR) is 68.4 cm³/mol. The Morgan fingerprint density at radius 3 is 2.78 bits per heavy atom. The van der Waals surface area contributed by atoms with Crippen LogP contribution in [0, 0.1) is 5.92 Å². The molecule has 104 valence electrons. The molecule has 18 heavy (non-hydrogen) atoms. The van der Waals surface area contributed by atoms with E-state index in [1.54, 1.807) is 0 Å². The van der Waals surface area contributed by atoms with Gasteiger partial charge in [-0.15, -0.1) is 0 Å². The van der Waals surface area contributed by atoms with E-state index in [1.807, 2.05) is 0 Å². The smallest absolute Gasteiger partial charge is 0.173 e. The first-order valence-electron chi connectivity index (χ1n) is 7.39. The predicted octanol–water partition coefficient (Wildman–Crippen LogP) is 1.69. The van der Waals surface area contributed by atoms with E-state index >= 15 is 0 Å². The van der Waals surface area contributed by atoms with Crippen molar-refractivity contribution in [2.24, 2.45) is 5.92 Å². The lowest BCUT2D eigenvalue weighted by atomic mass is 10.1. The Hall–Kier alpha value is -0.160. The lowest BCUT2D eigenvalue weighted by Gasteiger charge is -2.31. The molecule has 4 nitrogen and oxygen atoms in total. The van der Waals surface area contributed by atoms with Gasteiger partial charge in [0.15, 0.2) is 5.79 Å². The Morgan fingerprint density at radius 2 is 2.06 bits per heavy atom. The molecule has 0 amide bonds. The summed E-state index contributed by atoms with van der Waals surface area (Å²) in [6, 6.07) is 0.690. The van der Waals surface area contributed by atoms with Crippen molar-refractivity contribution in [2.75, 3.05) is 26.4 Å². The summed E-state index contributed by atoms with van der Waals surface area (Å²) in [4.78, 5) is 0. The van der Waals surface area contributed by atoms with Crippen LogP contribution in [-0.4, -0.2) is 44.3 Å². The molecule has 4 heteroatoms. The molecule has 2 aliphatic heterocycles. The maximum absolute atomic E-state index is 6.11. The zero-order chi connectivity index (χ0) is 12.4. The quantitative estimate of drug-likeness (QED) is 0.833. The van der Waals surface area contributed by atoms with Gasteiger partial charge in [-0.25, -0.2) is 0 Å². The number of hydrogen-bond acceptors (Lipinski definition) is 4. The molecule has 1 aliphatic carbocycles. The number of hydrogen-bond donors (Lipinski definition) is 1. The van der Waals surface area contributed by atoms with Gasteiger partial charge in [-0.05, 0) is 25.2 Å². The molecule has 3 fully saturated rings. The molecule has 3 atom stereocenters. The van der Waals surface area contributed by atoms with Crippen molar-refractivity contribution in [2.45, 2.75) is 57.0 Å². The normalized spacial score (nSPS) is 39.5. The van der Waals surface area contributed by atoms with E-state index in [0.29, 0.717) is 6.04 Å². The van der Waals surface area contributed by atoms with Crippen LogP contribution in [0.2, 0.25) is 0 Å². The zero-order valence-corrected chi connectivity index (χ0v) is 11.3. The fourth-order valence-corrected chi connectivity index (χ4v) is 3.35. The molecule has 2 heterocycles. The second-order valence-electron chi connectivity index (χ2n) is 6.10. The lowest BCUT2D eigenvalue weighted by molar-refractivity contribution is -0.210. The molecule has 1 N–H and O–H groups in total. The highest BCUT2D eigenvalue weighted by atomic mass is 16.7. The number of ether oxygens (including phenoxy) is 3. The van der Waals surface area contributed by atoms with Crippen molar-refractivity contribution in [3.63, 3.8) is 0 Å². The molecule has 0 aromatic heterocycles. The molecule has 3 rings (SSSR count). The Kier molecular flexibility index (Phi) is 3.89. The first-order valence-corrected chi connectivity index (χ1v) is 7.39. The molecule has 0 aromatic rings. The van der Waals surface area contributed by atoms with Crippen LogP contribution in [0.1, 0.15) is 39.0 Å². The van der Waals surface area contributed by atoms with Gasteiger partial charge < -0.3 is 19.5 Å². The highest BCUT2D eigenvalue weighted by molar-refractivity contribution is 4.84. The maximum Gasteiger partial charge on any atom is 0.173 e. The molecular formula is C14H25NO3. The van der Waals surface area contributed by atoms with Crippen LogP contribution in [0.4, 0.5) is 0 Å². The summed E-state index contributed by atoms with van der Waals surface area (Å²) < 4.78 is 17.4. The van der Waals surface area contributed by atoms with Gasteiger partial charge in [0.2, 0.25) is 0 Å². The minimum Gasteiger partial charge on any atom is -0.381 e. The van der Waals surface area contributed by atoms with E-state index in [2.05, 4.69) is 12.2 Å². The fourth-order valence-electron chi connectivity index (χ4n) is 3.35. The Bertz CT molecular complexity index is 278. The van der Waals surface area contributed by atoms with Crippen LogP contribution in [0.5, 0.6) is 0 Å². The standard InChI is InChI=1S/C14H25NO3/c1-11-2-3-12(8-11)15-9-13-10-17-14(18-13)4-6-16-7-5-14/h11-13,15H,2-10H2,1H3. The maximum atomic E-state index is 6.11. The third-order valence-electron chi connectivity index (χ3n) is 4.50. The first-order chi connectivity index (χ1) is 8.76. The molecule has 2 saturated heterocycles. The van der Waals surface area contributed by atoms with Crippen molar-refractivity contribution in [1.82, 2.24) is 5.32 Å². The molecule has 3 aliphatic rings. The van der Waals surface area contributed by atoms with Crippen LogP contribution >= 0.6 is 0 Å². The Morgan fingerprint density at radius 1 is 1.22 bits per heavy atom. The molecule has 0 aromatic carbocycles. The average molecular weight is 255 g/mol. The van der Waals surface area contributed by atoms with Crippen molar-refractivity contribution < 1.29 is 14.2 Å². The van der Waals surface area contributed by atoms with E-state index in [4.69, 9.17) is 14.2 Å². The third-order valence-corrected chi connectivity index (χ3v) is 4.50. The van der Waals surface area contributed by atoms with Crippen LogP contribution < -0.4 is 5.32 Å². The van der Waals surface area contributed by atoms with Crippen molar-refractivity contribution >= 4 is 0 Å². The number of nitrogens with one attached hydrogen (secondary N) is 1. The van der Waals surface area contributed by atoms with E-state index in [0.717, 1.165) is 45.1 Å². The fraction of sp³-hybridized carbons (Fsp3) is 1.00. The monoisotopic (exact) mass is 255 g/mol. The summed E-state index contributed by atoms with van der Waals surface area (Å²) in [7, 11) is 0. The van der Waals surface area contributed by atoms with E-state index in [1.165, 1.54) is 19.3 Å². The van der Waals surface area contributed by atoms with Gasteiger partial charge in [0.05, 0.1) is 25.9 Å². The van der Waals surface area contributed by atoms with Crippen molar-refractivity contribution in [1.29, 1.82) is 0 Å². The van der Waals surface area contributed by atoms with Crippen LogP contribution in [0.25, 0.3) is 0 Å². The van der Waals surface area contributed by atoms with Gasteiger partial charge in [0, 0.05) is 25.4 Å². The topological polar surface area (TPSA) is 39.7 Å². The van der Waals surface area contributed by atoms with Crippen LogP contribution in [0.3, 0.4) is 0 Å². The van der Waals surface area contributed by atoms with Gasteiger partial charge >= 0.3 is 0 Å². The molecular weight excluding hydrogens is 230 g/mol. The Balaban J connectivity index is 1.42. The zero-order valence-electron chi connectivity index (χ0n) is 11.3. The molecule has 1 spiro atoms. The summed E-state index contributed by atoms with van der Waals surface area (Å²) in [5, 5.41) is 3.64. The van der Waals surface area contributed by atoms with Gasteiger partial charge in [-0.3, -0.25) is 0 Å². The highest BCUT2D eigenvalue weighted by Gasteiger charge is 2.42. The second kappa shape index (κ2) is 5.45. The SMILES string of the molecule is CC1CCC(NCC2COC3(CCOCC3)O2)C1. The molecule has 1 saturated carbocycles. The molecule has 0 radical (unpaired) electrons. The van der Waals surface area contributed by atoms with E-state index in [-0.39, 0.29) is 11.9 Å². The van der Waals surface area contributed by atoms with Gasteiger partial charge in [-0.2, -0.15) is 0 Å². The molecule has 3 unspecified atom stereocenters. The summed E-state index contributed by atoms with van der Waals surface area (Å²) in [5.74, 6) is 0.554. The highest BCUT2D eigenvalue weighted by Crippen LogP contribution is 2.33. The van der Waals surface area contributed by atoms with Crippen LogP contribution in [-0.2, 0) is 14.2 Å². The largest absolute Gasteiger partial charge is 0.381 e. The van der Waals surface area contributed by atoms with Gasteiger partial charge in [-0.1, -0.05) is 6.92 Å². The number of rotatable bonds is 3. The van der Waals surface area contributed by atoms with Crippen molar-refractivity contribution in [3.05, 3.63) is 0 Å². The minimum atomic E-state index is -0.326. The third kappa shape index (κ3) is 2.87. The second-order valence-corrected chi connectivity index (χ2v) is 6.10. The Labute approximate surface area is 109 Å². The van der Waals surface area contributed by atoms with E-state index < -0.39 is 0 Å². The first kappa shape index (κ1) is 12.9. The van der Waals surface area contributed by atoms with Gasteiger partial charge in [0.1, 0.15) is 0 Å². The summed E-state index contributed by atoms with van der Waals surface area (Å²) in [5.41, 5.74) is 0. The molecule has 0 bridgehead atoms. The summed E-state index contributed by atoms with van der Waals surface area (Å²) in [6.45, 7) is 5.53. The summed E-state index contributed by atoms with van der Waals surface area (Å²) in [6.07, 6.45) is 5.97. The average Bonchev–Trinajstić information content (AvgIpc) is 2.96. The summed E-state index contributed by atoms with van der Waals surface area (Å²) >= 11 is 0. The van der Waals surface area contributed by atoms with Crippen LogP contribution in [0.15, 0.2) is 0 Å². The van der Waals surface area contributed by atoms with E-state index in [9.17, 15) is 0 Å². The van der Waals surface area contributed by atoms with Gasteiger partial charge in [0.25, 0.3) is 0 Å².